The summed E-state index contributed by atoms with van der Waals surface area (Å²) in [6.45, 7) is 2.02. The molecule has 2 rings (SSSR count). The molecule has 0 aromatic carbocycles. The van der Waals surface area contributed by atoms with Crippen molar-refractivity contribution in [3.63, 3.8) is 0 Å². The second-order valence-corrected chi connectivity index (χ2v) is 4.72. The van der Waals surface area contributed by atoms with Gasteiger partial charge >= 0.3 is 0 Å². The lowest BCUT2D eigenvalue weighted by molar-refractivity contribution is 0.699. The lowest BCUT2D eigenvalue weighted by atomic mass is 10.1. The topological polar surface area (TPSA) is 42.7 Å². The first-order valence-corrected chi connectivity index (χ1v) is 5.60. The number of hydrogen-bond acceptors (Lipinski definition) is 4. The van der Waals surface area contributed by atoms with Crippen molar-refractivity contribution >= 4 is 11.3 Å². The first-order valence-electron chi connectivity index (χ1n) is 4.79. The van der Waals surface area contributed by atoms with Gasteiger partial charge in [0.1, 0.15) is 0 Å². The number of hydrogen-bond donors (Lipinski definition) is 1. The van der Waals surface area contributed by atoms with Crippen molar-refractivity contribution < 1.29 is 0 Å². The van der Waals surface area contributed by atoms with Gasteiger partial charge in [0.15, 0.2) is 0 Å². The van der Waals surface area contributed by atoms with Gasteiger partial charge in [0.05, 0.1) is 17.2 Å². The summed E-state index contributed by atoms with van der Waals surface area (Å²) in [5.41, 5.74) is 1.17. The standard InChI is InChI=1S/C10H14N4S/c1-7-12-5-9(15-7)10(11-2)8-4-13-14(3)6-8/h4-6,10-11H,1-3H3. The highest BCUT2D eigenvalue weighted by molar-refractivity contribution is 7.11. The second kappa shape index (κ2) is 4.12. The number of aromatic nitrogens is 3. The van der Waals surface area contributed by atoms with Crippen LogP contribution in [0.5, 0.6) is 0 Å². The summed E-state index contributed by atoms with van der Waals surface area (Å²) >= 11 is 1.71. The van der Waals surface area contributed by atoms with E-state index in [9.17, 15) is 0 Å². The Morgan fingerprint density at radius 2 is 2.27 bits per heavy atom. The Labute approximate surface area is 93.0 Å². The van der Waals surface area contributed by atoms with Crippen LogP contribution < -0.4 is 5.32 Å². The molecule has 0 radical (unpaired) electrons. The maximum atomic E-state index is 4.27. The Hall–Kier alpha value is -1.20. The molecule has 1 N–H and O–H groups in total. The number of nitrogens with one attached hydrogen (secondary N) is 1. The van der Waals surface area contributed by atoms with E-state index in [4.69, 9.17) is 0 Å². The zero-order valence-electron chi connectivity index (χ0n) is 9.06. The third-order valence-corrected chi connectivity index (χ3v) is 3.25. The average Bonchev–Trinajstić information content (AvgIpc) is 2.78. The molecule has 0 bridgehead atoms. The van der Waals surface area contributed by atoms with E-state index in [-0.39, 0.29) is 6.04 Å². The summed E-state index contributed by atoms with van der Waals surface area (Å²) in [4.78, 5) is 5.49. The molecule has 2 aromatic rings. The van der Waals surface area contributed by atoms with Crippen molar-refractivity contribution in [2.75, 3.05) is 7.05 Å². The van der Waals surface area contributed by atoms with Crippen LogP contribution in [0.25, 0.3) is 0 Å². The second-order valence-electron chi connectivity index (χ2n) is 3.45. The molecule has 0 fully saturated rings. The molecular weight excluding hydrogens is 208 g/mol. The lowest BCUT2D eigenvalue weighted by Crippen LogP contribution is -2.15. The maximum Gasteiger partial charge on any atom is 0.0897 e. The summed E-state index contributed by atoms with van der Waals surface area (Å²) < 4.78 is 1.81. The molecule has 1 unspecified atom stereocenters. The minimum atomic E-state index is 0.199. The molecule has 5 heteroatoms. The van der Waals surface area contributed by atoms with Crippen LogP contribution in [-0.2, 0) is 7.05 Å². The molecule has 0 aliphatic rings. The quantitative estimate of drug-likeness (QED) is 0.855. The van der Waals surface area contributed by atoms with E-state index >= 15 is 0 Å². The number of aryl methyl sites for hydroxylation is 2. The Kier molecular flexibility index (Phi) is 2.83. The molecule has 2 aromatic heterocycles. The normalized spacial score (nSPS) is 13.0. The summed E-state index contributed by atoms with van der Waals surface area (Å²) in [5.74, 6) is 0. The van der Waals surface area contributed by atoms with Crippen molar-refractivity contribution in [1.82, 2.24) is 20.1 Å². The minimum Gasteiger partial charge on any atom is -0.309 e. The fourth-order valence-corrected chi connectivity index (χ4v) is 2.50. The van der Waals surface area contributed by atoms with E-state index in [0.29, 0.717) is 0 Å². The highest BCUT2D eigenvalue weighted by atomic mass is 32.1. The molecule has 1 atom stereocenters. The van der Waals surface area contributed by atoms with Crippen LogP contribution >= 0.6 is 11.3 Å². The number of thiazole rings is 1. The van der Waals surface area contributed by atoms with Crippen LogP contribution in [0, 0.1) is 6.92 Å². The van der Waals surface area contributed by atoms with Crippen LogP contribution in [0.1, 0.15) is 21.5 Å². The summed E-state index contributed by atoms with van der Waals surface area (Å²) in [6.07, 6.45) is 5.83. The maximum absolute atomic E-state index is 4.27. The predicted molar refractivity (Wildman–Crippen MR) is 61.0 cm³/mol. The van der Waals surface area contributed by atoms with Crippen molar-refractivity contribution in [2.45, 2.75) is 13.0 Å². The first kappa shape index (κ1) is 10.3. The zero-order valence-corrected chi connectivity index (χ0v) is 9.88. The van der Waals surface area contributed by atoms with Gasteiger partial charge in [-0.1, -0.05) is 0 Å². The summed E-state index contributed by atoms with van der Waals surface area (Å²) in [5, 5.41) is 8.55. The molecule has 0 saturated heterocycles. The van der Waals surface area contributed by atoms with Crippen molar-refractivity contribution in [3.05, 3.63) is 34.0 Å². The van der Waals surface area contributed by atoms with Crippen LogP contribution in [0.2, 0.25) is 0 Å². The van der Waals surface area contributed by atoms with E-state index in [1.807, 2.05) is 44.3 Å². The molecule has 0 aliphatic heterocycles. The molecular formula is C10H14N4S. The van der Waals surface area contributed by atoms with E-state index in [1.165, 1.54) is 10.4 Å². The largest absolute Gasteiger partial charge is 0.309 e. The highest BCUT2D eigenvalue weighted by Gasteiger charge is 2.15. The zero-order chi connectivity index (χ0) is 10.8. The lowest BCUT2D eigenvalue weighted by Gasteiger charge is -2.11. The Bertz CT molecular complexity index is 405. The van der Waals surface area contributed by atoms with Gasteiger partial charge in [-0.2, -0.15) is 5.10 Å². The fourth-order valence-electron chi connectivity index (χ4n) is 1.57. The number of rotatable bonds is 3. The van der Waals surface area contributed by atoms with Crippen molar-refractivity contribution in [3.8, 4) is 0 Å². The van der Waals surface area contributed by atoms with E-state index < -0.39 is 0 Å². The molecule has 80 valence electrons. The molecule has 2 heterocycles. The molecule has 15 heavy (non-hydrogen) atoms. The van der Waals surface area contributed by atoms with Crippen LogP contribution in [-0.4, -0.2) is 21.8 Å². The highest BCUT2D eigenvalue weighted by Crippen LogP contribution is 2.25. The van der Waals surface area contributed by atoms with E-state index in [1.54, 1.807) is 11.3 Å². The van der Waals surface area contributed by atoms with Crippen LogP contribution in [0.15, 0.2) is 18.6 Å². The Morgan fingerprint density at radius 1 is 1.47 bits per heavy atom. The minimum absolute atomic E-state index is 0.199. The van der Waals surface area contributed by atoms with Gasteiger partial charge in [0, 0.05) is 29.9 Å². The van der Waals surface area contributed by atoms with Gasteiger partial charge in [-0.3, -0.25) is 4.68 Å². The van der Waals surface area contributed by atoms with Gasteiger partial charge in [-0.25, -0.2) is 4.98 Å². The van der Waals surface area contributed by atoms with Crippen molar-refractivity contribution in [1.29, 1.82) is 0 Å². The molecule has 0 amide bonds. The molecule has 0 saturated carbocycles. The van der Waals surface area contributed by atoms with E-state index in [2.05, 4.69) is 15.4 Å². The molecule has 4 nitrogen and oxygen atoms in total. The average molecular weight is 222 g/mol. The Morgan fingerprint density at radius 3 is 2.73 bits per heavy atom. The smallest absolute Gasteiger partial charge is 0.0897 e. The fraction of sp³-hybridized carbons (Fsp3) is 0.400. The third-order valence-electron chi connectivity index (χ3n) is 2.27. The van der Waals surface area contributed by atoms with Crippen LogP contribution in [0.4, 0.5) is 0 Å². The summed E-state index contributed by atoms with van der Waals surface area (Å²) in [6, 6.07) is 0.199. The van der Waals surface area contributed by atoms with Gasteiger partial charge in [-0.15, -0.1) is 11.3 Å². The van der Waals surface area contributed by atoms with Crippen LogP contribution in [0.3, 0.4) is 0 Å². The SMILES string of the molecule is CNC(c1cnn(C)c1)c1cnc(C)s1. The van der Waals surface area contributed by atoms with Gasteiger partial charge in [0.25, 0.3) is 0 Å². The van der Waals surface area contributed by atoms with Gasteiger partial charge < -0.3 is 5.32 Å². The third kappa shape index (κ3) is 2.08. The number of nitrogens with zero attached hydrogens (tertiary/aromatic N) is 3. The predicted octanol–water partition coefficient (Wildman–Crippen LogP) is 1.49. The summed E-state index contributed by atoms with van der Waals surface area (Å²) in [7, 11) is 3.88. The monoisotopic (exact) mass is 222 g/mol. The van der Waals surface area contributed by atoms with Gasteiger partial charge in [-0.05, 0) is 14.0 Å². The first-order chi connectivity index (χ1) is 7.20. The molecule has 0 aliphatic carbocycles. The molecule has 0 spiro atoms. The van der Waals surface area contributed by atoms with E-state index in [0.717, 1.165) is 5.01 Å². The Balaban J connectivity index is 2.32. The van der Waals surface area contributed by atoms with Gasteiger partial charge in [0.2, 0.25) is 0 Å². The van der Waals surface area contributed by atoms with Crippen molar-refractivity contribution in [2.24, 2.45) is 7.05 Å².